The summed E-state index contributed by atoms with van der Waals surface area (Å²) in [6.45, 7) is 2.12. The number of hydrogen-bond donors (Lipinski definition) is 1. The number of rotatable bonds is 5. The van der Waals surface area contributed by atoms with Gasteiger partial charge in [0.2, 0.25) is 0 Å². The van der Waals surface area contributed by atoms with E-state index < -0.39 is 0 Å². The van der Waals surface area contributed by atoms with Crippen LogP contribution in [0.5, 0.6) is 0 Å². The second-order valence-corrected chi connectivity index (χ2v) is 5.45. The maximum absolute atomic E-state index is 5.74. The first kappa shape index (κ1) is 12.5. The van der Waals surface area contributed by atoms with E-state index in [-0.39, 0.29) is 0 Å². The van der Waals surface area contributed by atoms with E-state index in [0.29, 0.717) is 4.99 Å². The smallest absolute Gasteiger partial charge is 0.104 e. The van der Waals surface area contributed by atoms with Gasteiger partial charge in [-0.2, -0.15) is 0 Å². The molecule has 0 saturated heterocycles. The van der Waals surface area contributed by atoms with E-state index >= 15 is 0 Å². The van der Waals surface area contributed by atoms with Crippen molar-refractivity contribution in [3.05, 3.63) is 35.4 Å². The van der Waals surface area contributed by atoms with Crippen molar-refractivity contribution in [3.8, 4) is 0 Å². The topological polar surface area (TPSA) is 29.3 Å². The first-order valence-electron chi connectivity index (χ1n) is 6.23. The molecule has 0 unspecified atom stereocenters. The fourth-order valence-corrected chi connectivity index (χ4v) is 2.57. The third-order valence-electron chi connectivity index (χ3n) is 3.52. The van der Waals surface area contributed by atoms with E-state index in [9.17, 15) is 0 Å². The molecular weight excluding hydrogens is 228 g/mol. The van der Waals surface area contributed by atoms with E-state index in [2.05, 4.69) is 18.0 Å². The fourth-order valence-electron chi connectivity index (χ4n) is 2.37. The predicted octanol–water partition coefficient (Wildman–Crippen LogP) is 2.55. The maximum atomic E-state index is 5.74. The lowest BCUT2D eigenvalue weighted by Gasteiger charge is -2.30. The molecular formula is C14H20N2S. The maximum Gasteiger partial charge on any atom is 0.104 e. The highest BCUT2D eigenvalue weighted by molar-refractivity contribution is 7.80. The molecule has 0 radical (unpaired) electrons. The van der Waals surface area contributed by atoms with Crippen molar-refractivity contribution in [1.82, 2.24) is 4.90 Å². The average Bonchev–Trinajstić information content (AvgIpc) is 2.24. The van der Waals surface area contributed by atoms with Crippen molar-refractivity contribution in [2.75, 3.05) is 13.6 Å². The van der Waals surface area contributed by atoms with Gasteiger partial charge in [-0.25, -0.2) is 0 Å². The molecule has 0 amide bonds. The van der Waals surface area contributed by atoms with Gasteiger partial charge in [-0.05, 0) is 31.4 Å². The molecule has 1 fully saturated rings. The van der Waals surface area contributed by atoms with Crippen LogP contribution in [0.4, 0.5) is 0 Å². The van der Waals surface area contributed by atoms with Crippen LogP contribution in [-0.4, -0.2) is 23.5 Å². The van der Waals surface area contributed by atoms with Gasteiger partial charge in [0.15, 0.2) is 0 Å². The van der Waals surface area contributed by atoms with Gasteiger partial charge in [0.05, 0.1) is 0 Å². The Kier molecular flexibility index (Phi) is 4.13. The largest absolute Gasteiger partial charge is 0.389 e. The minimum Gasteiger partial charge on any atom is -0.389 e. The number of nitrogens with two attached hydrogens (primary N) is 1. The van der Waals surface area contributed by atoms with Crippen LogP contribution in [0, 0.1) is 5.92 Å². The summed E-state index contributed by atoms with van der Waals surface area (Å²) >= 11 is 5.08. The summed E-state index contributed by atoms with van der Waals surface area (Å²) in [6.07, 6.45) is 4.19. The van der Waals surface area contributed by atoms with Gasteiger partial charge in [-0.1, -0.05) is 42.9 Å². The number of nitrogens with zero attached hydrogens (tertiary/aromatic N) is 1. The van der Waals surface area contributed by atoms with Gasteiger partial charge in [0.25, 0.3) is 0 Å². The molecule has 92 valence electrons. The Morgan fingerprint density at radius 2 is 2.12 bits per heavy atom. The molecule has 0 heterocycles. The SMILES string of the molecule is CN(Cc1ccccc1C(N)=S)CC1CCC1. The van der Waals surface area contributed by atoms with Crippen molar-refractivity contribution in [2.45, 2.75) is 25.8 Å². The van der Waals surface area contributed by atoms with Gasteiger partial charge in [-0.3, -0.25) is 0 Å². The zero-order valence-corrected chi connectivity index (χ0v) is 11.2. The molecule has 1 aromatic rings. The van der Waals surface area contributed by atoms with Crippen LogP contribution in [0.1, 0.15) is 30.4 Å². The Hall–Kier alpha value is -0.930. The van der Waals surface area contributed by atoms with Gasteiger partial charge < -0.3 is 10.6 Å². The van der Waals surface area contributed by atoms with E-state index in [1.807, 2.05) is 18.2 Å². The summed E-state index contributed by atoms with van der Waals surface area (Å²) in [5, 5.41) is 0. The highest BCUT2D eigenvalue weighted by atomic mass is 32.1. The minimum absolute atomic E-state index is 0.498. The van der Waals surface area contributed by atoms with Crippen molar-refractivity contribution in [3.63, 3.8) is 0 Å². The molecule has 2 nitrogen and oxygen atoms in total. The first-order chi connectivity index (χ1) is 8.16. The molecule has 0 spiro atoms. The predicted molar refractivity (Wildman–Crippen MR) is 76.0 cm³/mol. The molecule has 0 aliphatic heterocycles. The van der Waals surface area contributed by atoms with Crippen LogP contribution in [0.2, 0.25) is 0 Å². The zero-order valence-electron chi connectivity index (χ0n) is 10.4. The Morgan fingerprint density at radius 3 is 2.71 bits per heavy atom. The normalized spacial score (nSPS) is 15.9. The first-order valence-corrected chi connectivity index (χ1v) is 6.64. The quantitative estimate of drug-likeness (QED) is 0.812. The third kappa shape index (κ3) is 3.27. The van der Waals surface area contributed by atoms with Crippen molar-refractivity contribution in [2.24, 2.45) is 11.7 Å². The highest BCUT2D eigenvalue weighted by Crippen LogP contribution is 2.27. The average molecular weight is 248 g/mol. The molecule has 0 aromatic heterocycles. The standard InChI is InChI=1S/C14H20N2S/c1-16(9-11-5-4-6-11)10-12-7-2-3-8-13(12)14(15)17/h2-3,7-8,11H,4-6,9-10H2,1H3,(H2,15,17). The van der Waals surface area contributed by atoms with Gasteiger partial charge in [0.1, 0.15) is 4.99 Å². The summed E-state index contributed by atoms with van der Waals surface area (Å²) < 4.78 is 0. The van der Waals surface area contributed by atoms with E-state index in [0.717, 1.165) is 18.0 Å². The lowest BCUT2D eigenvalue weighted by Crippen LogP contribution is -2.29. The monoisotopic (exact) mass is 248 g/mol. The number of thiocarbonyl (C=S) groups is 1. The molecule has 2 rings (SSSR count). The zero-order chi connectivity index (χ0) is 12.3. The molecule has 1 saturated carbocycles. The molecule has 1 aliphatic rings. The Bertz CT molecular complexity index is 399. The molecule has 1 aromatic carbocycles. The van der Waals surface area contributed by atoms with E-state index in [1.54, 1.807) is 0 Å². The summed E-state index contributed by atoms with van der Waals surface area (Å²) in [4.78, 5) is 2.87. The molecule has 0 atom stereocenters. The summed E-state index contributed by atoms with van der Waals surface area (Å²) in [5.41, 5.74) is 8.00. The number of benzene rings is 1. The molecule has 0 bridgehead atoms. The summed E-state index contributed by atoms with van der Waals surface area (Å²) in [7, 11) is 2.18. The Balaban J connectivity index is 1.99. The van der Waals surface area contributed by atoms with Crippen LogP contribution < -0.4 is 5.73 Å². The van der Waals surface area contributed by atoms with Gasteiger partial charge in [-0.15, -0.1) is 0 Å². The Labute approximate surface area is 109 Å². The molecule has 3 heteroatoms. The second-order valence-electron chi connectivity index (χ2n) is 5.02. The van der Waals surface area contributed by atoms with Crippen LogP contribution >= 0.6 is 12.2 Å². The van der Waals surface area contributed by atoms with Crippen LogP contribution in [0.15, 0.2) is 24.3 Å². The molecule has 17 heavy (non-hydrogen) atoms. The Morgan fingerprint density at radius 1 is 1.41 bits per heavy atom. The van der Waals surface area contributed by atoms with Crippen molar-refractivity contribution < 1.29 is 0 Å². The molecule has 2 N–H and O–H groups in total. The summed E-state index contributed by atoms with van der Waals surface area (Å²) in [5.74, 6) is 0.900. The second kappa shape index (κ2) is 5.61. The van der Waals surface area contributed by atoms with Crippen LogP contribution in [-0.2, 0) is 6.54 Å². The van der Waals surface area contributed by atoms with E-state index in [4.69, 9.17) is 18.0 Å². The minimum atomic E-state index is 0.498. The van der Waals surface area contributed by atoms with Crippen LogP contribution in [0.25, 0.3) is 0 Å². The van der Waals surface area contributed by atoms with Crippen molar-refractivity contribution in [1.29, 1.82) is 0 Å². The lowest BCUT2D eigenvalue weighted by atomic mass is 9.85. The third-order valence-corrected chi connectivity index (χ3v) is 3.74. The van der Waals surface area contributed by atoms with Gasteiger partial charge >= 0.3 is 0 Å². The van der Waals surface area contributed by atoms with Crippen molar-refractivity contribution >= 4 is 17.2 Å². The fraction of sp³-hybridized carbons (Fsp3) is 0.500. The van der Waals surface area contributed by atoms with E-state index in [1.165, 1.54) is 31.4 Å². The van der Waals surface area contributed by atoms with Gasteiger partial charge in [0, 0.05) is 18.7 Å². The lowest BCUT2D eigenvalue weighted by molar-refractivity contribution is 0.200. The number of hydrogen-bond acceptors (Lipinski definition) is 2. The van der Waals surface area contributed by atoms with Crippen LogP contribution in [0.3, 0.4) is 0 Å². The summed E-state index contributed by atoms with van der Waals surface area (Å²) in [6, 6.07) is 8.17. The highest BCUT2D eigenvalue weighted by Gasteiger charge is 2.19. The molecule has 1 aliphatic carbocycles.